The minimum Gasteiger partial charge on any atom is -0.454 e. The molecule has 22 heavy (non-hydrogen) atoms. The first-order valence-corrected chi connectivity index (χ1v) is 6.77. The molecule has 6 heteroatoms. The van der Waals surface area contributed by atoms with E-state index in [2.05, 4.69) is 15.2 Å². The Morgan fingerprint density at radius 1 is 0.818 bits per heavy atom. The van der Waals surface area contributed by atoms with Gasteiger partial charge in [0, 0.05) is 11.1 Å². The lowest BCUT2D eigenvalue weighted by molar-refractivity contribution is 0.174. The van der Waals surface area contributed by atoms with Crippen molar-refractivity contribution in [2.75, 3.05) is 12.5 Å². The van der Waals surface area contributed by atoms with Crippen molar-refractivity contribution >= 4 is 5.95 Å². The van der Waals surface area contributed by atoms with Crippen molar-refractivity contribution in [3.05, 3.63) is 48.5 Å². The summed E-state index contributed by atoms with van der Waals surface area (Å²) in [5, 5.41) is 8.10. The van der Waals surface area contributed by atoms with Crippen molar-refractivity contribution in [1.29, 1.82) is 0 Å². The van der Waals surface area contributed by atoms with Crippen LogP contribution in [-0.2, 0) is 0 Å². The number of anilines is 1. The van der Waals surface area contributed by atoms with Crippen molar-refractivity contribution in [2.24, 2.45) is 0 Å². The maximum atomic E-state index is 5.70. The molecule has 108 valence electrons. The fourth-order valence-electron chi connectivity index (χ4n) is 2.37. The van der Waals surface area contributed by atoms with Crippen LogP contribution in [0.25, 0.3) is 22.5 Å². The maximum Gasteiger partial charge on any atom is 0.240 e. The van der Waals surface area contributed by atoms with Gasteiger partial charge in [0.1, 0.15) is 11.4 Å². The molecule has 0 spiro atoms. The van der Waals surface area contributed by atoms with E-state index in [0.29, 0.717) is 17.1 Å². The van der Waals surface area contributed by atoms with Crippen LogP contribution in [0.15, 0.2) is 48.5 Å². The molecular formula is C16H12N4O2. The summed E-state index contributed by atoms with van der Waals surface area (Å²) >= 11 is 0. The standard InChI is InChI=1S/C16H12N4O2/c17-16-18-14(10-4-2-1-3-5-10)15(19-20-16)11-6-7-12-13(8-11)22-9-21-12/h1-8H,9H2,(H2,17,18,20). The fourth-order valence-corrected chi connectivity index (χ4v) is 2.37. The number of nitrogen functional groups attached to an aromatic ring is 1. The first-order valence-electron chi connectivity index (χ1n) is 6.77. The molecule has 0 bridgehead atoms. The molecule has 0 saturated carbocycles. The number of fused-ring (bicyclic) bond motifs is 1. The van der Waals surface area contributed by atoms with Gasteiger partial charge in [-0.1, -0.05) is 30.3 Å². The molecule has 0 amide bonds. The van der Waals surface area contributed by atoms with Gasteiger partial charge in [0.2, 0.25) is 12.7 Å². The molecule has 3 aromatic rings. The van der Waals surface area contributed by atoms with Gasteiger partial charge in [0.15, 0.2) is 11.5 Å². The van der Waals surface area contributed by atoms with E-state index >= 15 is 0 Å². The lowest BCUT2D eigenvalue weighted by Crippen LogP contribution is -2.02. The summed E-state index contributed by atoms with van der Waals surface area (Å²) in [6.45, 7) is 0.232. The third kappa shape index (κ3) is 2.10. The number of rotatable bonds is 2. The maximum absolute atomic E-state index is 5.70. The van der Waals surface area contributed by atoms with Crippen LogP contribution in [0, 0.1) is 0 Å². The third-order valence-corrected chi connectivity index (χ3v) is 3.40. The first kappa shape index (κ1) is 12.6. The summed E-state index contributed by atoms with van der Waals surface area (Å²) in [6.07, 6.45) is 0. The van der Waals surface area contributed by atoms with Crippen molar-refractivity contribution in [2.45, 2.75) is 0 Å². The number of benzene rings is 2. The van der Waals surface area contributed by atoms with Crippen LogP contribution in [0.5, 0.6) is 11.5 Å². The molecule has 4 rings (SSSR count). The molecule has 1 aliphatic heterocycles. The van der Waals surface area contributed by atoms with Crippen molar-refractivity contribution in [3.8, 4) is 34.0 Å². The van der Waals surface area contributed by atoms with E-state index in [4.69, 9.17) is 15.2 Å². The largest absolute Gasteiger partial charge is 0.454 e. The Kier molecular flexibility index (Phi) is 2.86. The van der Waals surface area contributed by atoms with Crippen LogP contribution in [0.3, 0.4) is 0 Å². The predicted molar refractivity (Wildman–Crippen MR) is 81.2 cm³/mol. The lowest BCUT2D eigenvalue weighted by Gasteiger charge is -2.08. The minimum absolute atomic E-state index is 0.142. The monoisotopic (exact) mass is 292 g/mol. The van der Waals surface area contributed by atoms with Crippen molar-refractivity contribution in [3.63, 3.8) is 0 Å². The van der Waals surface area contributed by atoms with Crippen LogP contribution < -0.4 is 15.2 Å². The Morgan fingerprint density at radius 3 is 2.50 bits per heavy atom. The smallest absolute Gasteiger partial charge is 0.240 e. The molecule has 2 N–H and O–H groups in total. The van der Waals surface area contributed by atoms with Gasteiger partial charge < -0.3 is 15.2 Å². The number of aromatic nitrogens is 3. The Labute approximate surface area is 126 Å². The zero-order chi connectivity index (χ0) is 14.9. The van der Waals surface area contributed by atoms with E-state index in [1.54, 1.807) is 0 Å². The van der Waals surface area contributed by atoms with E-state index in [-0.39, 0.29) is 12.7 Å². The molecule has 0 aliphatic carbocycles. The van der Waals surface area contributed by atoms with Crippen molar-refractivity contribution < 1.29 is 9.47 Å². The molecule has 1 aliphatic rings. The van der Waals surface area contributed by atoms with Crippen LogP contribution in [0.2, 0.25) is 0 Å². The number of hydrogen-bond acceptors (Lipinski definition) is 6. The molecular weight excluding hydrogens is 280 g/mol. The number of nitrogens with zero attached hydrogens (tertiary/aromatic N) is 3. The highest BCUT2D eigenvalue weighted by Gasteiger charge is 2.18. The highest BCUT2D eigenvalue weighted by molar-refractivity contribution is 5.79. The zero-order valence-electron chi connectivity index (χ0n) is 11.6. The van der Waals surface area contributed by atoms with Gasteiger partial charge in [-0.05, 0) is 18.2 Å². The molecule has 0 unspecified atom stereocenters. The van der Waals surface area contributed by atoms with Crippen LogP contribution in [-0.4, -0.2) is 22.0 Å². The summed E-state index contributed by atoms with van der Waals surface area (Å²) in [5.41, 5.74) is 8.82. The molecule has 0 fully saturated rings. The molecule has 0 radical (unpaired) electrons. The SMILES string of the molecule is Nc1nnc(-c2ccc3c(c2)OCO3)c(-c2ccccc2)n1. The molecule has 0 atom stereocenters. The average molecular weight is 292 g/mol. The highest BCUT2D eigenvalue weighted by Crippen LogP contribution is 2.37. The van der Waals surface area contributed by atoms with E-state index in [1.165, 1.54) is 0 Å². The van der Waals surface area contributed by atoms with Gasteiger partial charge >= 0.3 is 0 Å². The molecule has 1 aromatic heterocycles. The lowest BCUT2D eigenvalue weighted by atomic mass is 10.0. The Hall–Kier alpha value is -3.15. The topological polar surface area (TPSA) is 83.2 Å². The normalized spacial score (nSPS) is 12.4. The molecule has 2 heterocycles. The summed E-state index contributed by atoms with van der Waals surface area (Å²) in [6, 6.07) is 15.4. The summed E-state index contributed by atoms with van der Waals surface area (Å²) in [4.78, 5) is 4.35. The third-order valence-electron chi connectivity index (χ3n) is 3.40. The fraction of sp³-hybridized carbons (Fsp3) is 0.0625. The van der Waals surface area contributed by atoms with Crippen LogP contribution in [0.1, 0.15) is 0 Å². The first-order chi connectivity index (χ1) is 10.8. The number of ether oxygens (including phenoxy) is 2. The van der Waals surface area contributed by atoms with Crippen molar-refractivity contribution in [1.82, 2.24) is 15.2 Å². The quantitative estimate of drug-likeness (QED) is 0.781. The number of nitrogens with two attached hydrogens (primary N) is 1. The van der Waals surface area contributed by atoms with Gasteiger partial charge in [-0.25, -0.2) is 4.98 Å². The second-order valence-electron chi connectivity index (χ2n) is 4.80. The minimum atomic E-state index is 0.142. The van der Waals surface area contributed by atoms with Crippen LogP contribution >= 0.6 is 0 Å². The average Bonchev–Trinajstić information content (AvgIpc) is 3.03. The molecule has 6 nitrogen and oxygen atoms in total. The summed E-state index contributed by atoms with van der Waals surface area (Å²) in [5.74, 6) is 1.56. The van der Waals surface area contributed by atoms with E-state index in [1.807, 2.05) is 48.5 Å². The summed E-state index contributed by atoms with van der Waals surface area (Å²) in [7, 11) is 0. The summed E-state index contributed by atoms with van der Waals surface area (Å²) < 4.78 is 10.7. The molecule has 2 aromatic carbocycles. The van der Waals surface area contributed by atoms with Gasteiger partial charge in [-0.2, -0.15) is 0 Å². The van der Waals surface area contributed by atoms with E-state index in [0.717, 1.165) is 16.9 Å². The highest BCUT2D eigenvalue weighted by atomic mass is 16.7. The van der Waals surface area contributed by atoms with Gasteiger partial charge in [0.05, 0.1) is 0 Å². The van der Waals surface area contributed by atoms with E-state index in [9.17, 15) is 0 Å². The second-order valence-corrected chi connectivity index (χ2v) is 4.80. The predicted octanol–water partition coefficient (Wildman–Crippen LogP) is 2.52. The number of hydrogen-bond donors (Lipinski definition) is 1. The molecule has 0 saturated heterocycles. The zero-order valence-corrected chi connectivity index (χ0v) is 11.6. The Bertz CT molecular complexity index is 837. The van der Waals surface area contributed by atoms with Gasteiger partial charge in [-0.15, -0.1) is 10.2 Å². The Balaban J connectivity index is 1.89. The Morgan fingerprint density at radius 2 is 1.64 bits per heavy atom. The van der Waals surface area contributed by atoms with Gasteiger partial charge in [-0.3, -0.25) is 0 Å². The van der Waals surface area contributed by atoms with Gasteiger partial charge in [0.25, 0.3) is 0 Å². The van der Waals surface area contributed by atoms with Crippen LogP contribution in [0.4, 0.5) is 5.95 Å². The second kappa shape index (κ2) is 5.00. The van der Waals surface area contributed by atoms with E-state index < -0.39 is 0 Å².